The molecular formula is C16H25NO. The first-order valence-corrected chi connectivity index (χ1v) is 7.07. The van der Waals surface area contributed by atoms with Crippen LogP contribution in [-0.4, -0.2) is 13.7 Å². The summed E-state index contributed by atoms with van der Waals surface area (Å²) in [5.41, 5.74) is 2.41. The molecule has 0 spiro atoms. The second-order valence-electron chi connectivity index (χ2n) is 5.69. The van der Waals surface area contributed by atoms with Gasteiger partial charge >= 0.3 is 0 Å². The van der Waals surface area contributed by atoms with Gasteiger partial charge in [-0.2, -0.15) is 0 Å². The third-order valence-corrected chi connectivity index (χ3v) is 4.13. The zero-order valence-electron chi connectivity index (χ0n) is 11.8. The molecule has 0 atom stereocenters. The molecule has 2 rings (SSSR count). The first-order chi connectivity index (χ1) is 8.69. The van der Waals surface area contributed by atoms with E-state index >= 15 is 0 Å². The second-order valence-corrected chi connectivity index (χ2v) is 5.69. The Kier molecular flexibility index (Phi) is 4.51. The van der Waals surface area contributed by atoms with Gasteiger partial charge in [-0.1, -0.05) is 19.8 Å². The Hall–Kier alpha value is -1.18. The maximum Gasteiger partial charge on any atom is 0.121 e. The van der Waals surface area contributed by atoms with E-state index in [2.05, 4.69) is 31.3 Å². The van der Waals surface area contributed by atoms with E-state index in [9.17, 15) is 0 Å². The Morgan fingerprint density at radius 2 is 1.94 bits per heavy atom. The van der Waals surface area contributed by atoms with E-state index < -0.39 is 0 Å². The average Bonchev–Trinajstić information content (AvgIpc) is 2.38. The van der Waals surface area contributed by atoms with Crippen LogP contribution in [0.1, 0.15) is 38.2 Å². The van der Waals surface area contributed by atoms with Crippen LogP contribution in [0.4, 0.5) is 5.69 Å². The second kappa shape index (κ2) is 6.12. The van der Waals surface area contributed by atoms with Gasteiger partial charge in [0.1, 0.15) is 5.75 Å². The Balaban J connectivity index is 1.84. The molecule has 2 nitrogen and oxygen atoms in total. The summed E-state index contributed by atoms with van der Waals surface area (Å²) in [5.74, 6) is 2.75. The number of methoxy groups -OCH3 is 1. The minimum Gasteiger partial charge on any atom is -0.496 e. The molecule has 1 N–H and O–H groups in total. The summed E-state index contributed by atoms with van der Waals surface area (Å²) in [6.45, 7) is 5.57. The van der Waals surface area contributed by atoms with E-state index in [0.717, 1.165) is 24.1 Å². The first kappa shape index (κ1) is 13.3. The van der Waals surface area contributed by atoms with Crippen LogP contribution in [0.3, 0.4) is 0 Å². The van der Waals surface area contributed by atoms with Gasteiger partial charge in [0.2, 0.25) is 0 Å². The maximum absolute atomic E-state index is 5.28. The number of anilines is 1. The fourth-order valence-electron chi connectivity index (χ4n) is 2.78. The van der Waals surface area contributed by atoms with Crippen molar-refractivity contribution in [3.8, 4) is 5.75 Å². The van der Waals surface area contributed by atoms with Crippen molar-refractivity contribution >= 4 is 5.69 Å². The van der Waals surface area contributed by atoms with Crippen LogP contribution in [0.25, 0.3) is 0 Å². The van der Waals surface area contributed by atoms with Crippen LogP contribution < -0.4 is 10.1 Å². The Morgan fingerprint density at radius 1 is 1.22 bits per heavy atom. The molecule has 0 radical (unpaired) electrons. The third kappa shape index (κ3) is 3.41. The fourth-order valence-corrected chi connectivity index (χ4v) is 2.78. The van der Waals surface area contributed by atoms with Gasteiger partial charge in [-0.05, 0) is 55.4 Å². The molecule has 2 heteroatoms. The number of ether oxygens (including phenoxy) is 1. The summed E-state index contributed by atoms with van der Waals surface area (Å²) in [5, 5.41) is 3.57. The quantitative estimate of drug-likeness (QED) is 0.859. The summed E-state index contributed by atoms with van der Waals surface area (Å²) in [6.07, 6.45) is 5.55. The Morgan fingerprint density at radius 3 is 2.56 bits per heavy atom. The third-order valence-electron chi connectivity index (χ3n) is 4.13. The van der Waals surface area contributed by atoms with Crippen LogP contribution in [0, 0.1) is 18.8 Å². The summed E-state index contributed by atoms with van der Waals surface area (Å²) in [4.78, 5) is 0. The molecule has 1 fully saturated rings. The van der Waals surface area contributed by atoms with Gasteiger partial charge in [0.25, 0.3) is 0 Å². The molecule has 1 aromatic rings. The summed E-state index contributed by atoms with van der Waals surface area (Å²) in [7, 11) is 1.72. The molecule has 0 aliphatic heterocycles. The SMILES string of the molecule is COc1ccc(NCC2CCC(C)CC2)cc1C. The smallest absolute Gasteiger partial charge is 0.121 e. The molecule has 0 saturated heterocycles. The molecule has 1 aliphatic carbocycles. The standard InChI is InChI=1S/C16H25NO/c1-12-4-6-14(7-5-12)11-17-15-8-9-16(18-3)13(2)10-15/h8-10,12,14,17H,4-7,11H2,1-3H3. The molecular weight excluding hydrogens is 222 g/mol. The van der Waals surface area contributed by atoms with E-state index in [4.69, 9.17) is 4.74 Å². The largest absolute Gasteiger partial charge is 0.496 e. The predicted octanol–water partition coefficient (Wildman–Crippen LogP) is 4.24. The Labute approximate surface area is 111 Å². The lowest BCUT2D eigenvalue weighted by molar-refractivity contribution is 0.300. The van der Waals surface area contributed by atoms with E-state index in [-0.39, 0.29) is 0 Å². The van der Waals surface area contributed by atoms with Crippen LogP contribution in [0.5, 0.6) is 5.75 Å². The van der Waals surface area contributed by atoms with Gasteiger partial charge < -0.3 is 10.1 Å². The van der Waals surface area contributed by atoms with Gasteiger partial charge in [0, 0.05) is 12.2 Å². The van der Waals surface area contributed by atoms with E-state index in [1.807, 2.05) is 6.07 Å². The molecule has 0 amide bonds. The van der Waals surface area contributed by atoms with Crippen molar-refractivity contribution < 1.29 is 4.74 Å². The molecule has 0 unspecified atom stereocenters. The van der Waals surface area contributed by atoms with Gasteiger partial charge in [0.05, 0.1) is 7.11 Å². The molecule has 0 aromatic heterocycles. The lowest BCUT2D eigenvalue weighted by Crippen LogP contribution is -2.20. The van der Waals surface area contributed by atoms with Gasteiger partial charge in [0.15, 0.2) is 0 Å². The summed E-state index contributed by atoms with van der Waals surface area (Å²) in [6, 6.07) is 6.32. The van der Waals surface area contributed by atoms with Crippen LogP contribution in [0.15, 0.2) is 18.2 Å². The number of hydrogen-bond donors (Lipinski definition) is 1. The average molecular weight is 247 g/mol. The summed E-state index contributed by atoms with van der Waals surface area (Å²) >= 11 is 0. The van der Waals surface area contributed by atoms with Gasteiger partial charge in [-0.15, -0.1) is 0 Å². The van der Waals surface area contributed by atoms with Crippen LogP contribution in [0.2, 0.25) is 0 Å². The zero-order valence-corrected chi connectivity index (χ0v) is 11.8. The topological polar surface area (TPSA) is 21.3 Å². The van der Waals surface area contributed by atoms with E-state index in [1.54, 1.807) is 7.11 Å². The maximum atomic E-state index is 5.28. The van der Waals surface area contributed by atoms with E-state index in [0.29, 0.717) is 0 Å². The summed E-state index contributed by atoms with van der Waals surface area (Å²) < 4.78 is 5.28. The molecule has 18 heavy (non-hydrogen) atoms. The molecule has 100 valence electrons. The highest BCUT2D eigenvalue weighted by atomic mass is 16.5. The molecule has 0 heterocycles. The van der Waals surface area contributed by atoms with Crippen molar-refractivity contribution in [1.82, 2.24) is 0 Å². The van der Waals surface area contributed by atoms with Gasteiger partial charge in [-0.3, -0.25) is 0 Å². The number of rotatable bonds is 4. The highest BCUT2D eigenvalue weighted by molar-refractivity contribution is 5.50. The monoisotopic (exact) mass is 247 g/mol. The fraction of sp³-hybridized carbons (Fsp3) is 0.625. The van der Waals surface area contributed by atoms with Crippen molar-refractivity contribution in [2.24, 2.45) is 11.8 Å². The lowest BCUT2D eigenvalue weighted by atomic mass is 9.83. The number of benzene rings is 1. The van der Waals surface area contributed by atoms with Gasteiger partial charge in [-0.25, -0.2) is 0 Å². The Bertz CT molecular complexity index is 381. The normalized spacial score (nSPS) is 23.7. The van der Waals surface area contributed by atoms with E-state index in [1.165, 1.54) is 36.9 Å². The van der Waals surface area contributed by atoms with Crippen LogP contribution in [-0.2, 0) is 0 Å². The number of nitrogens with one attached hydrogen (secondary N) is 1. The molecule has 0 bridgehead atoms. The zero-order chi connectivity index (χ0) is 13.0. The minimum atomic E-state index is 0.851. The predicted molar refractivity (Wildman–Crippen MR) is 77.3 cm³/mol. The van der Waals surface area contributed by atoms with Crippen molar-refractivity contribution in [3.05, 3.63) is 23.8 Å². The first-order valence-electron chi connectivity index (χ1n) is 7.07. The van der Waals surface area contributed by atoms with Crippen LogP contribution >= 0.6 is 0 Å². The number of aryl methyl sites for hydroxylation is 1. The molecule has 1 saturated carbocycles. The highest BCUT2D eigenvalue weighted by Crippen LogP contribution is 2.29. The van der Waals surface area contributed by atoms with Crippen molar-refractivity contribution in [1.29, 1.82) is 0 Å². The van der Waals surface area contributed by atoms with Crippen molar-refractivity contribution in [2.45, 2.75) is 39.5 Å². The molecule has 1 aliphatic rings. The number of hydrogen-bond acceptors (Lipinski definition) is 2. The van der Waals surface area contributed by atoms with Crippen molar-refractivity contribution in [2.75, 3.05) is 19.0 Å². The highest BCUT2D eigenvalue weighted by Gasteiger charge is 2.17. The molecule has 1 aromatic carbocycles. The lowest BCUT2D eigenvalue weighted by Gasteiger charge is -2.26. The minimum absolute atomic E-state index is 0.851. The van der Waals surface area contributed by atoms with Crippen molar-refractivity contribution in [3.63, 3.8) is 0 Å².